The van der Waals surface area contributed by atoms with Gasteiger partial charge in [0.05, 0.1) is 10.2 Å². The van der Waals surface area contributed by atoms with Crippen molar-refractivity contribution in [2.75, 3.05) is 32.1 Å². The molecule has 0 unspecified atom stereocenters. The molecule has 1 aliphatic carbocycles. The number of hydrogen-bond acceptors (Lipinski definition) is 4. The van der Waals surface area contributed by atoms with E-state index in [1.54, 1.807) is 11.3 Å². The summed E-state index contributed by atoms with van der Waals surface area (Å²) >= 11 is 7.76. The van der Waals surface area contributed by atoms with E-state index in [0.717, 1.165) is 58.2 Å². The van der Waals surface area contributed by atoms with Crippen molar-refractivity contribution in [3.63, 3.8) is 0 Å². The number of fused-ring (bicyclic) bond motifs is 1. The standard InChI is InChI=1S/C19H26ClN3OS.ClH/c1-13-11-15(20)12-16-17(13)21-19(25-16)23(10-9-22(2)3)18(24)14-7-5-4-6-8-14;/h11-12,14H,4-10H2,1-3H3;1H. The molecule has 1 aromatic carbocycles. The average Bonchev–Trinajstić information content (AvgIpc) is 2.99. The van der Waals surface area contributed by atoms with Crippen LogP contribution in [-0.4, -0.2) is 43.0 Å². The maximum absolute atomic E-state index is 13.2. The number of aryl methyl sites for hydroxylation is 1. The van der Waals surface area contributed by atoms with Gasteiger partial charge in [0, 0.05) is 24.0 Å². The number of likely N-dealkylation sites (N-methyl/N-ethyl adjacent to an activating group) is 1. The number of halogens is 2. The van der Waals surface area contributed by atoms with E-state index in [-0.39, 0.29) is 24.2 Å². The highest BCUT2D eigenvalue weighted by atomic mass is 35.5. The molecule has 1 aliphatic rings. The molecule has 7 heteroatoms. The number of aromatic nitrogens is 1. The van der Waals surface area contributed by atoms with Gasteiger partial charge in [-0.3, -0.25) is 9.69 Å². The lowest BCUT2D eigenvalue weighted by molar-refractivity contribution is -0.123. The molecule has 0 atom stereocenters. The largest absolute Gasteiger partial charge is 0.308 e. The Kier molecular flexibility index (Phi) is 7.71. The van der Waals surface area contributed by atoms with Crippen LogP contribution in [0.4, 0.5) is 5.13 Å². The highest BCUT2D eigenvalue weighted by molar-refractivity contribution is 7.22. The molecule has 4 nitrogen and oxygen atoms in total. The molecule has 1 amide bonds. The molecule has 0 aliphatic heterocycles. The number of rotatable bonds is 5. The van der Waals surface area contributed by atoms with Gasteiger partial charge in [0.2, 0.25) is 5.91 Å². The summed E-state index contributed by atoms with van der Waals surface area (Å²) in [6, 6.07) is 3.88. The lowest BCUT2D eigenvalue weighted by atomic mass is 9.88. The van der Waals surface area contributed by atoms with Crippen molar-refractivity contribution in [2.24, 2.45) is 5.92 Å². The van der Waals surface area contributed by atoms with E-state index in [0.29, 0.717) is 6.54 Å². The summed E-state index contributed by atoms with van der Waals surface area (Å²) in [6.45, 7) is 3.52. The molecule has 144 valence electrons. The quantitative estimate of drug-likeness (QED) is 0.676. The topological polar surface area (TPSA) is 36.4 Å². The molecule has 26 heavy (non-hydrogen) atoms. The van der Waals surface area contributed by atoms with E-state index < -0.39 is 0 Å². The molecule has 0 radical (unpaired) electrons. The number of thiazole rings is 1. The minimum Gasteiger partial charge on any atom is -0.308 e. The van der Waals surface area contributed by atoms with Gasteiger partial charge < -0.3 is 4.90 Å². The molecule has 0 saturated heterocycles. The van der Waals surface area contributed by atoms with Crippen molar-refractivity contribution < 1.29 is 4.79 Å². The summed E-state index contributed by atoms with van der Waals surface area (Å²) in [5, 5.41) is 1.52. The Labute approximate surface area is 170 Å². The Morgan fingerprint density at radius 3 is 2.58 bits per heavy atom. The van der Waals surface area contributed by atoms with Gasteiger partial charge in [0.15, 0.2) is 5.13 Å². The van der Waals surface area contributed by atoms with Crippen molar-refractivity contribution in [1.82, 2.24) is 9.88 Å². The number of nitrogens with zero attached hydrogens (tertiary/aromatic N) is 3. The van der Waals surface area contributed by atoms with Crippen LogP contribution >= 0.6 is 35.3 Å². The predicted molar refractivity (Wildman–Crippen MR) is 114 cm³/mol. The lowest BCUT2D eigenvalue weighted by Crippen LogP contribution is -2.41. The summed E-state index contributed by atoms with van der Waals surface area (Å²) in [5.74, 6) is 0.386. The number of hydrogen-bond donors (Lipinski definition) is 0. The van der Waals surface area contributed by atoms with Gasteiger partial charge >= 0.3 is 0 Å². The fourth-order valence-corrected chi connectivity index (χ4v) is 4.88. The Bertz CT molecular complexity index is 757. The third-order valence-electron chi connectivity index (χ3n) is 4.86. The van der Waals surface area contributed by atoms with Crippen LogP contribution in [0.3, 0.4) is 0 Å². The molecular formula is C19H27Cl2N3OS. The number of amides is 1. The van der Waals surface area contributed by atoms with Gasteiger partial charge in [-0.1, -0.05) is 42.2 Å². The number of benzene rings is 1. The zero-order valence-corrected chi connectivity index (χ0v) is 18.0. The van der Waals surface area contributed by atoms with Crippen LogP contribution in [-0.2, 0) is 4.79 Å². The smallest absolute Gasteiger partial charge is 0.231 e. The second kappa shape index (κ2) is 9.36. The molecule has 1 heterocycles. The van der Waals surface area contributed by atoms with Gasteiger partial charge in [-0.25, -0.2) is 4.98 Å². The van der Waals surface area contributed by atoms with Crippen LogP contribution < -0.4 is 4.90 Å². The van der Waals surface area contributed by atoms with Gasteiger partial charge in [0.25, 0.3) is 0 Å². The first-order valence-corrected chi connectivity index (χ1v) is 10.2. The molecule has 0 N–H and O–H groups in total. The summed E-state index contributed by atoms with van der Waals surface area (Å²) in [7, 11) is 4.07. The number of carbonyl (C=O) groups excluding carboxylic acids is 1. The van der Waals surface area contributed by atoms with E-state index in [1.165, 1.54) is 6.42 Å². The molecule has 1 aromatic heterocycles. The third-order valence-corrected chi connectivity index (χ3v) is 6.10. The molecular weight excluding hydrogens is 389 g/mol. The molecule has 0 bridgehead atoms. The van der Waals surface area contributed by atoms with Crippen LogP contribution in [0.25, 0.3) is 10.2 Å². The van der Waals surface area contributed by atoms with Crippen molar-refractivity contribution in [3.8, 4) is 0 Å². The normalized spacial score (nSPS) is 15.3. The van der Waals surface area contributed by atoms with Crippen LogP contribution in [0.15, 0.2) is 12.1 Å². The van der Waals surface area contributed by atoms with E-state index in [9.17, 15) is 4.79 Å². The van der Waals surface area contributed by atoms with Gasteiger partial charge in [-0.05, 0) is 51.6 Å². The van der Waals surface area contributed by atoms with Crippen molar-refractivity contribution >= 4 is 56.6 Å². The minimum atomic E-state index is 0. The highest BCUT2D eigenvalue weighted by Crippen LogP contribution is 2.35. The first-order valence-electron chi connectivity index (χ1n) is 8.98. The van der Waals surface area contributed by atoms with Gasteiger partial charge in [0.1, 0.15) is 0 Å². The summed E-state index contributed by atoms with van der Waals surface area (Å²) in [6.07, 6.45) is 5.58. The maximum Gasteiger partial charge on any atom is 0.231 e. The number of carbonyl (C=O) groups is 1. The van der Waals surface area contributed by atoms with Crippen LogP contribution in [0, 0.1) is 12.8 Å². The lowest BCUT2D eigenvalue weighted by Gasteiger charge is -2.28. The van der Waals surface area contributed by atoms with E-state index in [2.05, 4.69) is 4.90 Å². The summed E-state index contributed by atoms with van der Waals surface area (Å²) in [5.41, 5.74) is 2.01. The van der Waals surface area contributed by atoms with Gasteiger partial charge in [-0.15, -0.1) is 12.4 Å². The van der Waals surface area contributed by atoms with Crippen molar-refractivity contribution in [2.45, 2.75) is 39.0 Å². The van der Waals surface area contributed by atoms with Crippen LogP contribution in [0.5, 0.6) is 0 Å². The Balaban J connectivity index is 0.00000243. The van der Waals surface area contributed by atoms with E-state index in [1.807, 2.05) is 38.1 Å². The minimum absolute atomic E-state index is 0. The van der Waals surface area contributed by atoms with Crippen molar-refractivity contribution in [3.05, 3.63) is 22.7 Å². The second-order valence-corrected chi connectivity index (χ2v) is 8.64. The van der Waals surface area contributed by atoms with E-state index in [4.69, 9.17) is 16.6 Å². The Hall–Kier alpha value is -0.880. The first-order chi connectivity index (χ1) is 12.0. The predicted octanol–water partition coefficient (Wildman–Crippen LogP) is 5.15. The molecule has 0 spiro atoms. The summed E-state index contributed by atoms with van der Waals surface area (Å²) in [4.78, 5) is 22.0. The van der Waals surface area contributed by atoms with Gasteiger partial charge in [-0.2, -0.15) is 0 Å². The molecule has 1 saturated carbocycles. The molecule has 1 fully saturated rings. The van der Waals surface area contributed by atoms with Crippen LogP contribution in [0.1, 0.15) is 37.7 Å². The maximum atomic E-state index is 13.2. The molecule has 2 aromatic rings. The third kappa shape index (κ3) is 4.89. The monoisotopic (exact) mass is 415 g/mol. The Morgan fingerprint density at radius 1 is 1.23 bits per heavy atom. The van der Waals surface area contributed by atoms with Crippen molar-refractivity contribution in [1.29, 1.82) is 0 Å². The SMILES string of the molecule is Cc1cc(Cl)cc2sc(N(CCN(C)C)C(=O)C3CCCCC3)nc12.Cl. The first kappa shape index (κ1) is 21.4. The summed E-state index contributed by atoms with van der Waals surface area (Å²) < 4.78 is 1.05. The van der Waals surface area contributed by atoms with E-state index >= 15 is 0 Å². The fourth-order valence-electron chi connectivity index (χ4n) is 3.43. The highest BCUT2D eigenvalue weighted by Gasteiger charge is 2.28. The Morgan fingerprint density at radius 2 is 1.92 bits per heavy atom. The zero-order valence-electron chi connectivity index (χ0n) is 15.6. The fraction of sp³-hybridized carbons (Fsp3) is 0.579. The van der Waals surface area contributed by atoms with Crippen LogP contribution in [0.2, 0.25) is 5.02 Å². The average molecular weight is 416 g/mol. The molecule has 3 rings (SSSR count). The zero-order chi connectivity index (χ0) is 18.0. The number of anilines is 1. The second-order valence-electron chi connectivity index (χ2n) is 7.19.